The van der Waals surface area contributed by atoms with Crippen molar-refractivity contribution in [2.45, 2.75) is 84.1 Å². The van der Waals surface area contributed by atoms with Crippen LogP contribution in [0.15, 0.2) is 18.2 Å². The summed E-state index contributed by atoms with van der Waals surface area (Å²) in [4.78, 5) is 14.6. The number of nitrogens with zero attached hydrogens (tertiary/aromatic N) is 1. The zero-order valence-electron chi connectivity index (χ0n) is 18.0. The van der Waals surface area contributed by atoms with Crippen LogP contribution in [0.25, 0.3) is 0 Å². The average molecular weight is 387 g/mol. The van der Waals surface area contributed by atoms with Crippen LogP contribution < -0.4 is 10.6 Å². The van der Waals surface area contributed by atoms with Gasteiger partial charge in [-0.3, -0.25) is 4.79 Å². The third kappa shape index (κ3) is 5.42. The van der Waals surface area contributed by atoms with Crippen LogP contribution in [-0.2, 0) is 9.53 Å². The van der Waals surface area contributed by atoms with Gasteiger partial charge in [0, 0.05) is 12.6 Å². The van der Waals surface area contributed by atoms with E-state index >= 15 is 0 Å². The van der Waals surface area contributed by atoms with Crippen LogP contribution in [0.2, 0.25) is 0 Å². The smallest absolute Gasteiger partial charge is 0.306 e. The van der Waals surface area contributed by atoms with Gasteiger partial charge in [0.15, 0.2) is 0 Å². The van der Waals surface area contributed by atoms with E-state index in [4.69, 9.17) is 10.5 Å². The molecule has 0 heterocycles. The summed E-state index contributed by atoms with van der Waals surface area (Å²) < 4.78 is 5.21. The molecular formula is C24H38N2O2. The van der Waals surface area contributed by atoms with Crippen LogP contribution in [0.5, 0.6) is 0 Å². The van der Waals surface area contributed by atoms with Gasteiger partial charge in [-0.15, -0.1) is 0 Å². The third-order valence-electron chi connectivity index (χ3n) is 6.25. The van der Waals surface area contributed by atoms with E-state index in [9.17, 15) is 4.79 Å². The molecule has 1 aromatic rings. The van der Waals surface area contributed by atoms with Gasteiger partial charge in [-0.25, -0.2) is 0 Å². The largest absolute Gasteiger partial charge is 0.466 e. The average Bonchev–Trinajstić information content (AvgIpc) is 3.50. The lowest BCUT2D eigenvalue weighted by Crippen LogP contribution is -2.39. The van der Waals surface area contributed by atoms with Gasteiger partial charge in [-0.2, -0.15) is 0 Å². The molecule has 156 valence electrons. The van der Waals surface area contributed by atoms with E-state index in [1.165, 1.54) is 56.2 Å². The minimum atomic E-state index is -0.0920. The highest BCUT2D eigenvalue weighted by molar-refractivity contribution is 5.72. The van der Waals surface area contributed by atoms with E-state index in [0.717, 1.165) is 12.2 Å². The maximum Gasteiger partial charge on any atom is 0.306 e. The molecule has 28 heavy (non-hydrogen) atoms. The maximum absolute atomic E-state index is 12.1. The van der Waals surface area contributed by atoms with Crippen molar-refractivity contribution >= 4 is 17.3 Å². The van der Waals surface area contributed by atoms with Crippen molar-refractivity contribution in [1.82, 2.24) is 0 Å². The summed E-state index contributed by atoms with van der Waals surface area (Å²) in [5.41, 5.74) is 9.83. The lowest BCUT2D eigenvalue weighted by atomic mass is 9.89. The van der Waals surface area contributed by atoms with Gasteiger partial charge in [0.2, 0.25) is 0 Å². The number of anilines is 2. The molecule has 2 N–H and O–H groups in total. The van der Waals surface area contributed by atoms with Gasteiger partial charge in [-0.1, -0.05) is 39.2 Å². The molecule has 2 fully saturated rings. The van der Waals surface area contributed by atoms with Crippen molar-refractivity contribution in [3.8, 4) is 0 Å². The highest BCUT2D eigenvalue weighted by atomic mass is 16.5. The van der Waals surface area contributed by atoms with E-state index in [2.05, 4.69) is 36.9 Å². The molecule has 0 bridgehead atoms. The molecule has 0 aromatic heterocycles. The minimum Gasteiger partial charge on any atom is -0.466 e. The Balaban J connectivity index is 1.81. The highest BCUT2D eigenvalue weighted by Crippen LogP contribution is 2.46. The number of nitrogens with two attached hydrogens (primary N) is 1. The van der Waals surface area contributed by atoms with Crippen molar-refractivity contribution in [3.05, 3.63) is 23.8 Å². The molecule has 0 aliphatic heterocycles. The number of carbonyl (C=O) groups excluding carboxylic acids is 1. The normalized spacial score (nSPS) is 18.9. The summed E-state index contributed by atoms with van der Waals surface area (Å²) in [6.07, 6.45) is 9.40. The van der Waals surface area contributed by atoms with Gasteiger partial charge in [-0.05, 0) is 68.1 Å². The Morgan fingerprint density at radius 2 is 1.89 bits per heavy atom. The number of benzene rings is 1. The van der Waals surface area contributed by atoms with Gasteiger partial charge in [0.25, 0.3) is 0 Å². The Morgan fingerprint density at radius 3 is 2.46 bits per heavy atom. The van der Waals surface area contributed by atoms with E-state index in [-0.39, 0.29) is 11.9 Å². The Hall–Kier alpha value is -1.71. The molecule has 1 unspecified atom stereocenters. The van der Waals surface area contributed by atoms with Crippen LogP contribution in [0.1, 0.15) is 83.6 Å². The van der Waals surface area contributed by atoms with Gasteiger partial charge in [0.1, 0.15) is 0 Å². The predicted octanol–water partition coefficient (Wildman–Crippen LogP) is 5.51. The molecule has 0 spiro atoms. The number of esters is 1. The fourth-order valence-corrected chi connectivity index (χ4v) is 4.75. The van der Waals surface area contributed by atoms with Crippen molar-refractivity contribution in [3.63, 3.8) is 0 Å². The zero-order chi connectivity index (χ0) is 20.1. The molecule has 4 nitrogen and oxygen atoms in total. The zero-order valence-corrected chi connectivity index (χ0v) is 18.0. The predicted molar refractivity (Wildman–Crippen MR) is 117 cm³/mol. The number of hydrogen-bond donors (Lipinski definition) is 1. The van der Waals surface area contributed by atoms with Crippen molar-refractivity contribution in [2.24, 2.45) is 11.8 Å². The van der Waals surface area contributed by atoms with Gasteiger partial charge in [0.05, 0.1) is 24.4 Å². The van der Waals surface area contributed by atoms with E-state index in [1.807, 2.05) is 6.92 Å². The van der Waals surface area contributed by atoms with Crippen molar-refractivity contribution in [1.29, 1.82) is 0 Å². The van der Waals surface area contributed by atoms with Crippen molar-refractivity contribution < 1.29 is 9.53 Å². The maximum atomic E-state index is 12.1. The van der Waals surface area contributed by atoms with E-state index < -0.39 is 0 Å². The van der Waals surface area contributed by atoms with E-state index in [1.54, 1.807) is 0 Å². The second-order valence-electron chi connectivity index (χ2n) is 9.11. The van der Waals surface area contributed by atoms with Crippen LogP contribution in [0, 0.1) is 11.8 Å². The third-order valence-corrected chi connectivity index (χ3v) is 6.25. The SMILES string of the molecule is CCOC(=O)CC(c1ccc(N(CC(C)C)C2CCCCC2)c(N)c1)C1CC1. The molecule has 4 heteroatoms. The summed E-state index contributed by atoms with van der Waals surface area (Å²) >= 11 is 0. The number of rotatable bonds is 9. The van der Waals surface area contributed by atoms with E-state index in [0.29, 0.717) is 30.9 Å². The lowest BCUT2D eigenvalue weighted by molar-refractivity contribution is -0.143. The second-order valence-corrected chi connectivity index (χ2v) is 9.11. The fourth-order valence-electron chi connectivity index (χ4n) is 4.75. The molecule has 2 aliphatic carbocycles. The summed E-state index contributed by atoms with van der Waals surface area (Å²) in [5, 5.41) is 0. The molecule has 2 aliphatic rings. The first-order valence-corrected chi connectivity index (χ1v) is 11.3. The summed E-state index contributed by atoms with van der Waals surface area (Å²) in [5.74, 6) is 1.35. The molecule has 2 saturated carbocycles. The fraction of sp³-hybridized carbons (Fsp3) is 0.708. The first-order valence-electron chi connectivity index (χ1n) is 11.3. The monoisotopic (exact) mass is 386 g/mol. The number of nitrogen functional groups attached to an aromatic ring is 1. The molecule has 1 atom stereocenters. The van der Waals surface area contributed by atoms with Gasteiger partial charge >= 0.3 is 5.97 Å². The minimum absolute atomic E-state index is 0.0920. The van der Waals surface area contributed by atoms with Gasteiger partial charge < -0.3 is 15.4 Å². The molecule has 3 rings (SSSR count). The number of carbonyl (C=O) groups is 1. The molecular weight excluding hydrogens is 348 g/mol. The molecule has 0 amide bonds. The summed E-state index contributed by atoms with van der Waals surface area (Å²) in [7, 11) is 0. The first-order chi connectivity index (χ1) is 13.5. The standard InChI is InChI=1S/C24H38N2O2/c1-4-28-24(27)15-21(18-10-11-18)19-12-13-23(22(25)14-19)26(16-17(2)3)20-8-6-5-7-9-20/h12-14,17-18,20-21H,4-11,15-16,25H2,1-3H3. The molecule has 1 aromatic carbocycles. The lowest BCUT2D eigenvalue weighted by Gasteiger charge is -2.38. The van der Waals surface area contributed by atoms with Crippen molar-refractivity contribution in [2.75, 3.05) is 23.8 Å². The highest BCUT2D eigenvalue weighted by Gasteiger charge is 2.34. The van der Waals surface area contributed by atoms with Crippen LogP contribution >= 0.6 is 0 Å². The first kappa shape index (κ1) is 21.0. The quantitative estimate of drug-likeness (QED) is 0.449. The number of hydrogen-bond acceptors (Lipinski definition) is 4. The molecule has 0 saturated heterocycles. The Kier molecular flexibility index (Phi) is 7.25. The topological polar surface area (TPSA) is 55.6 Å². The Bertz CT molecular complexity index is 648. The molecule has 0 radical (unpaired) electrons. The van der Waals surface area contributed by atoms with Crippen LogP contribution in [0.3, 0.4) is 0 Å². The van der Waals surface area contributed by atoms with Crippen LogP contribution in [0.4, 0.5) is 11.4 Å². The Labute approximate surface area is 170 Å². The summed E-state index contributed by atoms with van der Waals surface area (Å²) in [6.45, 7) is 7.92. The number of ether oxygens (including phenoxy) is 1. The summed E-state index contributed by atoms with van der Waals surface area (Å²) in [6, 6.07) is 7.16. The second kappa shape index (κ2) is 9.67. The van der Waals surface area contributed by atoms with Crippen LogP contribution in [-0.4, -0.2) is 25.2 Å². The Morgan fingerprint density at radius 1 is 1.18 bits per heavy atom.